The first-order valence-electron chi connectivity index (χ1n) is 4.63. The van der Waals surface area contributed by atoms with E-state index in [1.807, 2.05) is 6.92 Å². The van der Waals surface area contributed by atoms with E-state index in [9.17, 15) is 4.79 Å². The van der Waals surface area contributed by atoms with Crippen LogP contribution in [0.2, 0.25) is 0 Å². The summed E-state index contributed by atoms with van der Waals surface area (Å²) in [4.78, 5) is 19.9. The lowest BCUT2D eigenvalue weighted by Gasteiger charge is -2.02. The summed E-state index contributed by atoms with van der Waals surface area (Å²) < 4.78 is 0. The smallest absolute Gasteiger partial charge is 0.166 e. The van der Waals surface area contributed by atoms with E-state index in [2.05, 4.69) is 9.97 Å². The Labute approximate surface area is 77.2 Å². The first kappa shape index (κ1) is 8.35. The number of carbonyl (C=O) groups excluding carboxylic acids is 1. The topological polar surface area (TPSA) is 42.9 Å². The highest BCUT2D eigenvalue weighted by Gasteiger charge is 2.16. The molecule has 0 aliphatic heterocycles. The Kier molecular flexibility index (Phi) is 2.08. The van der Waals surface area contributed by atoms with Gasteiger partial charge in [0.1, 0.15) is 5.82 Å². The molecule has 2 rings (SSSR count). The molecule has 1 aromatic rings. The van der Waals surface area contributed by atoms with Gasteiger partial charge in [-0.25, -0.2) is 9.97 Å². The van der Waals surface area contributed by atoms with Gasteiger partial charge in [-0.1, -0.05) is 0 Å². The van der Waals surface area contributed by atoms with E-state index in [1.54, 1.807) is 6.20 Å². The molecule has 3 heteroatoms. The average Bonchev–Trinajstić information content (AvgIpc) is 2.28. The minimum atomic E-state index is 0.201. The molecule has 0 unspecified atom stereocenters. The van der Waals surface area contributed by atoms with Gasteiger partial charge in [0.25, 0.3) is 0 Å². The highest BCUT2D eigenvalue weighted by molar-refractivity contribution is 5.97. The second-order valence-corrected chi connectivity index (χ2v) is 3.41. The SMILES string of the molecule is Cc1ncc2c(n1)CCCCC2=O. The zero-order valence-electron chi connectivity index (χ0n) is 7.71. The molecule has 68 valence electrons. The molecule has 0 radical (unpaired) electrons. The van der Waals surface area contributed by atoms with Crippen LogP contribution in [-0.2, 0) is 6.42 Å². The van der Waals surface area contributed by atoms with Crippen molar-refractivity contribution in [3.8, 4) is 0 Å². The maximum absolute atomic E-state index is 11.5. The fourth-order valence-electron chi connectivity index (χ4n) is 1.65. The lowest BCUT2D eigenvalue weighted by molar-refractivity contribution is 0.0981. The number of rotatable bonds is 0. The number of aryl methyl sites for hydroxylation is 2. The van der Waals surface area contributed by atoms with Gasteiger partial charge in [0.15, 0.2) is 5.78 Å². The number of nitrogens with zero attached hydrogens (tertiary/aromatic N) is 2. The summed E-state index contributed by atoms with van der Waals surface area (Å²) >= 11 is 0. The van der Waals surface area contributed by atoms with Crippen LogP contribution in [0.5, 0.6) is 0 Å². The van der Waals surface area contributed by atoms with E-state index in [1.165, 1.54) is 0 Å². The summed E-state index contributed by atoms with van der Waals surface area (Å²) in [5.74, 6) is 0.959. The van der Waals surface area contributed by atoms with Crippen LogP contribution in [0.4, 0.5) is 0 Å². The van der Waals surface area contributed by atoms with E-state index in [-0.39, 0.29) is 5.78 Å². The molecule has 0 atom stereocenters. The molecular formula is C10H12N2O. The normalized spacial score (nSPS) is 16.5. The molecular weight excluding hydrogens is 164 g/mol. The van der Waals surface area contributed by atoms with Gasteiger partial charge in [-0.2, -0.15) is 0 Å². The van der Waals surface area contributed by atoms with Gasteiger partial charge in [0.2, 0.25) is 0 Å². The lowest BCUT2D eigenvalue weighted by Crippen LogP contribution is -2.04. The third-order valence-corrected chi connectivity index (χ3v) is 2.36. The van der Waals surface area contributed by atoms with Crippen molar-refractivity contribution in [2.45, 2.75) is 32.6 Å². The predicted molar refractivity (Wildman–Crippen MR) is 48.7 cm³/mol. The number of Topliss-reactive ketones (excluding diaryl/α,β-unsaturated/α-hetero) is 1. The summed E-state index contributed by atoms with van der Waals surface area (Å²) in [5, 5.41) is 0. The first-order chi connectivity index (χ1) is 6.27. The van der Waals surface area contributed by atoms with Crippen molar-refractivity contribution in [2.24, 2.45) is 0 Å². The number of hydrogen-bond donors (Lipinski definition) is 0. The first-order valence-corrected chi connectivity index (χ1v) is 4.63. The number of hydrogen-bond acceptors (Lipinski definition) is 3. The minimum Gasteiger partial charge on any atom is -0.294 e. The number of fused-ring (bicyclic) bond motifs is 1. The predicted octanol–water partition coefficient (Wildman–Crippen LogP) is 1.69. The molecule has 13 heavy (non-hydrogen) atoms. The van der Waals surface area contributed by atoms with Gasteiger partial charge in [-0.15, -0.1) is 0 Å². The molecule has 0 N–H and O–H groups in total. The summed E-state index contributed by atoms with van der Waals surface area (Å²) in [6, 6.07) is 0. The van der Waals surface area contributed by atoms with Crippen LogP contribution in [-0.4, -0.2) is 15.8 Å². The van der Waals surface area contributed by atoms with Gasteiger partial charge in [-0.3, -0.25) is 4.79 Å². The highest BCUT2D eigenvalue weighted by Crippen LogP contribution is 2.17. The van der Waals surface area contributed by atoms with Gasteiger partial charge >= 0.3 is 0 Å². The Morgan fingerprint density at radius 2 is 2.08 bits per heavy atom. The molecule has 0 bridgehead atoms. The van der Waals surface area contributed by atoms with Crippen molar-refractivity contribution in [3.05, 3.63) is 23.3 Å². The molecule has 0 saturated carbocycles. The van der Waals surface area contributed by atoms with Crippen LogP contribution in [0.25, 0.3) is 0 Å². The van der Waals surface area contributed by atoms with Crippen LogP contribution in [0, 0.1) is 6.92 Å². The van der Waals surface area contributed by atoms with Crippen molar-refractivity contribution in [1.82, 2.24) is 9.97 Å². The molecule has 0 spiro atoms. The van der Waals surface area contributed by atoms with Crippen LogP contribution in [0.1, 0.15) is 41.1 Å². The van der Waals surface area contributed by atoms with Crippen LogP contribution >= 0.6 is 0 Å². The summed E-state index contributed by atoms with van der Waals surface area (Å²) in [5.41, 5.74) is 1.68. The van der Waals surface area contributed by atoms with E-state index in [4.69, 9.17) is 0 Å². The fourth-order valence-corrected chi connectivity index (χ4v) is 1.65. The van der Waals surface area contributed by atoms with Gasteiger partial charge in [-0.05, 0) is 26.2 Å². The molecule has 0 fully saturated rings. The second kappa shape index (κ2) is 3.24. The number of aromatic nitrogens is 2. The molecule has 3 nitrogen and oxygen atoms in total. The third-order valence-electron chi connectivity index (χ3n) is 2.36. The summed E-state index contributed by atoms with van der Waals surface area (Å²) in [6.45, 7) is 1.86. The van der Waals surface area contributed by atoms with Crippen LogP contribution in [0.3, 0.4) is 0 Å². The van der Waals surface area contributed by atoms with E-state index in [0.29, 0.717) is 6.42 Å². The maximum Gasteiger partial charge on any atom is 0.166 e. The fraction of sp³-hybridized carbons (Fsp3) is 0.500. The highest BCUT2D eigenvalue weighted by atomic mass is 16.1. The van der Waals surface area contributed by atoms with Gasteiger partial charge < -0.3 is 0 Å². The molecule has 1 aliphatic carbocycles. The monoisotopic (exact) mass is 176 g/mol. The maximum atomic E-state index is 11.5. The van der Waals surface area contributed by atoms with Crippen LogP contribution in [0.15, 0.2) is 6.20 Å². The van der Waals surface area contributed by atoms with Gasteiger partial charge in [0, 0.05) is 12.6 Å². The Bertz CT molecular complexity index is 347. The van der Waals surface area contributed by atoms with Gasteiger partial charge in [0.05, 0.1) is 11.3 Å². The standard InChI is InChI=1S/C10H12N2O/c1-7-11-6-8-9(12-7)4-2-3-5-10(8)13/h6H,2-5H2,1H3. The summed E-state index contributed by atoms with van der Waals surface area (Å²) in [7, 11) is 0. The number of carbonyl (C=O) groups is 1. The van der Waals surface area contributed by atoms with Crippen molar-refractivity contribution >= 4 is 5.78 Å². The quantitative estimate of drug-likeness (QED) is 0.565. The summed E-state index contributed by atoms with van der Waals surface area (Å²) in [6.07, 6.45) is 5.29. The Hall–Kier alpha value is -1.25. The average molecular weight is 176 g/mol. The van der Waals surface area contributed by atoms with E-state index < -0.39 is 0 Å². The minimum absolute atomic E-state index is 0.201. The Balaban J connectivity index is 2.48. The van der Waals surface area contributed by atoms with Crippen molar-refractivity contribution in [1.29, 1.82) is 0 Å². The van der Waals surface area contributed by atoms with Crippen molar-refractivity contribution in [2.75, 3.05) is 0 Å². The Morgan fingerprint density at radius 1 is 1.31 bits per heavy atom. The molecule has 1 heterocycles. The molecule has 1 aliphatic rings. The number of ketones is 1. The molecule has 1 aromatic heterocycles. The molecule has 0 aromatic carbocycles. The van der Waals surface area contributed by atoms with E-state index >= 15 is 0 Å². The van der Waals surface area contributed by atoms with Crippen LogP contribution < -0.4 is 0 Å². The second-order valence-electron chi connectivity index (χ2n) is 3.41. The molecule has 0 saturated heterocycles. The molecule has 0 amide bonds. The largest absolute Gasteiger partial charge is 0.294 e. The van der Waals surface area contributed by atoms with E-state index in [0.717, 1.165) is 36.3 Å². The van der Waals surface area contributed by atoms with Crippen molar-refractivity contribution < 1.29 is 4.79 Å². The van der Waals surface area contributed by atoms with Crippen molar-refractivity contribution in [3.63, 3.8) is 0 Å². The lowest BCUT2D eigenvalue weighted by atomic mass is 10.1. The Morgan fingerprint density at radius 3 is 2.92 bits per heavy atom. The zero-order valence-corrected chi connectivity index (χ0v) is 7.71. The third kappa shape index (κ3) is 1.59. The zero-order chi connectivity index (χ0) is 9.26.